The molecule has 0 bridgehead atoms. The molecular formula is C26H44O2. The minimum Gasteiger partial charge on any atom is -0.478 e. The van der Waals surface area contributed by atoms with E-state index in [-0.39, 0.29) is 0 Å². The van der Waals surface area contributed by atoms with Crippen molar-refractivity contribution in [2.45, 2.75) is 122 Å². The van der Waals surface area contributed by atoms with Crippen LogP contribution in [-0.2, 0) is 6.42 Å². The molecule has 160 valence electrons. The first kappa shape index (κ1) is 24.7. The summed E-state index contributed by atoms with van der Waals surface area (Å²) in [5.74, 6) is -0.843. The number of benzene rings is 1. The zero-order valence-corrected chi connectivity index (χ0v) is 18.4. The fraction of sp³-hybridized carbons (Fsp3) is 0.731. The van der Waals surface area contributed by atoms with Crippen molar-refractivity contribution < 1.29 is 9.90 Å². The van der Waals surface area contributed by atoms with Crippen LogP contribution in [0.15, 0.2) is 24.3 Å². The standard InChI is InChI=1S/C26H44O2/c1-2-3-4-5-6-7-8-9-10-11-12-13-14-15-16-17-18-19-24-20-22-25(23-21-24)26(27)28/h20-23H,2-19H2,1H3,(H,27,28). The first-order chi connectivity index (χ1) is 13.7. The summed E-state index contributed by atoms with van der Waals surface area (Å²) in [6.07, 6.45) is 24.8. The Bertz CT molecular complexity index is 478. The topological polar surface area (TPSA) is 37.3 Å². The number of hydrogen-bond acceptors (Lipinski definition) is 1. The lowest BCUT2D eigenvalue weighted by molar-refractivity contribution is 0.0697. The molecule has 1 rings (SSSR count). The molecule has 0 spiro atoms. The third-order valence-electron chi connectivity index (χ3n) is 5.77. The predicted molar refractivity (Wildman–Crippen MR) is 121 cm³/mol. The predicted octanol–water partition coefficient (Wildman–Crippen LogP) is 8.58. The third-order valence-corrected chi connectivity index (χ3v) is 5.77. The Hall–Kier alpha value is -1.31. The molecule has 0 aliphatic heterocycles. The van der Waals surface area contributed by atoms with Gasteiger partial charge >= 0.3 is 5.97 Å². The maximum absolute atomic E-state index is 10.8. The van der Waals surface area contributed by atoms with Crippen LogP contribution in [0.4, 0.5) is 0 Å². The molecule has 1 aromatic rings. The quantitative estimate of drug-likeness (QED) is 0.241. The van der Waals surface area contributed by atoms with E-state index in [1.54, 1.807) is 12.1 Å². The molecule has 0 atom stereocenters. The molecule has 0 fully saturated rings. The second-order valence-corrected chi connectivity index (χ2v) is 8.41. The highest BCUT2D eigenvalue weighted by atomic mass is 16.4. The molecule has 1 aromatic carbocycles. The van der Waals surface area contributed by atoms with E-state index in [1.165, 1.54) is 115 Å². The van der Waals surface area contributed by atoms with Gasteiger partial charge in [-0.3, -0.25) is 0 Å². The van der Waals surface area contributed by atoms with Crippen LogP contribution in [-0.4, -0.2) is 11.1 Å². The van der Waals surface area contributed by atoms with Crippen LogP contribution in [0.5, 0.6) is 0 Å². The molecule has 0 aliphatic carbocycles. The van der Waals surface area contributed by atoms with Gasteiger partial charge in [0.25, 0.3) is 0 Å². The molecule has 0 heterocycles. The minimum absolute atomic E-state index is 0.381. The first-order valence-corrected chi connectivity index (χ1v) is 12.1. The highest BCUT2D eigenvalue weighted by molar-refractivity contribution is 5.87. The zero-order chi connectivity index (χ0) is 20.3. The summed E-state index contributed by atoms with van der Waals surface area (Å²) in [4.78, 5) is 10.8. The van der Waals surface area contributed by atoms with E-state index < -0.39 is 5.97 Å². The minimum atomic E-state index is -0.843. The van der Waals surface area contributed by atoms with Gasteiger partial charge in [0, 0.05) is 0 Å². The Labute approximate surface area is 174 Å². The van der Waals surface area contributed by atoms with Crippen molar-refractivity contribution in [2.24, 2.45) is 0 Å². The number of carboxylic acids is 1. The van der Waals surface area contributed by atoms with Gasteiger partial charge in [-0.25, -0.2) is 4.79 Å². The molecule has 0 amide bonds. The Morgan fingerprint density at radius 3 is 1.32 bits per heavy atom. The Balaban J connectivity index is 1.79. The summed E-state index contributed by atoms with van der Waals surface area (Å²) in [5.41, 5.74) is 1.64. The van der Waals surface area contributed by atoms with E-state index in [0.29, 0.717) is 5.56 Å². The number of carboxylic acid groups (broad SMARTS) is 1. The van der Waals surface area contributed by atoms with Crippen LogP contribution in [0, 0.1) is 0 Å². The monoisotopic (exact) mass is 388 g/mol. The van der Waals surface area contributed by atoms with Crippen LogP contribution < -0.4 is 0 Å². The summed E-state index contributed by atoms with van der Waals surface area (Å²) in [5, 5.41) is 8.91. The Morgan fingerprint density at radius 2 is 0.964 bits per heavy atom. The summed E-state index contributed by atoms with van der Waals surface area (Å²) < 4.78 is 0. The number of unbranched alkanes of at least 4 members (excludes halogenated alkanes) is 16. The van der Waals surface area contributed by atoms with Gasteiger partial charge in [0.1, 0.15) is 0 Å². The van der Waals surface area contributed by atoms with Gasteiger partial charge < -0.3 is 5.11 Å². The molecule has 2 nitrogen and oxygen atoms in total. The maximum Gasteiger partial charge on any atom is 0.335 e. The highest BCUT2D eigenvalue weighted by Crippen LogP contribution is 2.15. The van der Waals surface area contributed by atoms with Crippen molar-refractivity contribution in [1.29, 1.82) is 0 Å². The van der Waals surface area contributed by atoms with Gasteiger partial charge in [-0.1, -0.05) is 122 Å². The van der Waals surface area contributed by atoms with Gasteiger partial charge in [-0.05, 0) is 30.5 Å². The summed E-state index contributed by atoms with van der Waals surface area (Å²) in [6.45, 7) is 2.28. The number of rotatable bonds is 19. The van der Waals surface area contributed by atoms with E-state index in [2.05, 4.69) is 6.92 Å². The third kappa shape index (κ3) is 13.8. The second-order valence-electron chi connectivity index (χ2n) is 8.41. The average Bonchev–Trinajstić information content (AvgIpc) is 2.70. The maximum atomic E-state index is 10.8. The average molecular weight is 389 g/mol. The molecule has 0 unspecified atom stereocenters. The first-order valence-electron chi connectivity index (χ1n) is 12.1. The Kier molecular flexibility index (Phi) is 15.7. The fourth-order valence-corrected chi connectivity index (χ4v) is 3.87. The second kappa shape index (κ2) is 17.8. The largest absolute Gasteiger partial charge is 0.478 e. The summed E-state index contributed by atoms with van der Waals surface area (Å²) >= 11 is 0. The zero-order valence-electron chi connectivity index (χ0n) is 18.4. The van der Waals surface area contributed by atoms with Crippen molar-refractivity contribution in [3.8, 4) is 0 Å². The van der Waals surface area contributed by atoms with Crippen molar-refractivity contribution in [2.75, 3.05) is 0 Å². The number of carbonyl (C=O) groups is 1. The van der Waals surface area contributed by atoms with Crippen molar-refractivity contribution in [3.05, 3.63) is 35.4 Å². The normalized spacial score (nSPS) is 11.0. The molecular weight excluding hydrogens is 344 g/mol. The van der Waals surface area contributed by atoms with Gasteiger partial charge in [-0.15, -0.1) is 0 Å². The number of hydrogen-bond donors (Lipinski definition) is 1. The fourth-order valence-electron chi connectivity index (χ4n) is 3.87. The van der Waals surface area contributed by atoms with Crippen LogP contribution in [0.1, 0.15) is 132 Å². The molecule has 28 heavy (non-hydrogen) atoms. The molecule has 0 aliphatic rings. The van der Waals surface area contributed by atoms with E-state index in [0.717, 1.165) is 6.42 Å². The van der Waals surface area contributed by atoms with E-state index in [4.69, 9.17) is 5.11 Å². The summed E-state index contributed by atoms with van der Waals surface area (Å²) in [6, 6.07) is 7.34. The molecule has 1 N–H and O–H groups in total. The van der Waals surface area contributed by atoms with Gasteiger partial charge in [0.2, 0.25) is 0 Å². The smallest absolute Gasteiger partial charge is 0.335 e. The van der Waals surface area contributed by atoms with Gasteiger partial charge in [0.05, 0.1) is 5.56 Å². The Morgan fingerprint density at radius 1 is 0.607 bits per heavy atom. The number of aryl methyl sites for hydroxylation is 1. The van der Waals surface area contributed by atoms with Crippen LogP contribution in [0.25, 0.3) is 0 Å². The van der Waals surface area contributed by atoms with E-state index in [1.807, 2.05) is 12.1 Å². The van der Waals surface area contributed by atoms with Gasteiger partial charge in [0.15, 0.2) is 0 Å². The van der Waals surface area contributed by atoms with E-state index >= 15 is 0 Å². The highest BCUT2D eigenvalue weighted by Gasteiger charge is 2.01. The lowest BCUT2D eigenvalue weighted by atomic mass is 10.0. The van der Waals surface area contributed by atoms with Crippen LogP contribution in [0.3, 0.4) is 0 Å². The van der Waals surface area contributed by atoms with Crippen LogP contribution in [0.2, 0.25) is 0 Å². The lowest BCUT2D eigenvalue weighted by Gasteiger charge is -2.04. The summed E-state index contributed by atoms with van der Waals surface area (Å²) in [7, 11) is 0. The van der Waals surface area contributed by atoms with Crippen molar-refractivity contribution in [3.63, 3.8) is 0 Å². The lowest BCUT2D eigenvalue weighted by Crippen LogP contribution is -1.96. The molecule has 0 radical (unpaired) electrons. The number of aromatic carboxylic acids is 1. The van der Waals surface area contributed by atoms with Crippen LogP contribution >= 0.6 is 0 Å². The van der Waals surface area contributed by atoms with Crippen molar-refractivity contribution >= 4 is 5.97 Å². The molecule has 0 saturated heterocycles. The molecule has 0 aromatic heterocycles. The van der Waals surface area contributed by atoms with E-state index in [9.17, 15) is 4.79 Å². The van der Waals surface area contributed by atoms with Crippen molar-refractivity contribution in [1.82, 2.24) is 0 Å². The molecule has 0 saturated carbocycles. The molecule has 2 heteroatoms. The van der Waals surface area contributed by atoms with Gasteiger partial charge in [-0.2, -0.15) is 0 Å². The SMILES string of the molecule is CCCCCCCCCCCCCCCCCCCc1ccc(C(=O)O)cc1.